The Hall–Kier alpha value is -2.34. The van der Waals surface area contributed by atoms with Gasteiger partial charge in [-0.3, -0.25) is 9.59 Å². The summed E-state index contributed by atoms with van der Waals surface area (Å²) in [4.78, 5) is 23.0. The minimum atomic E-state index is -2.19. The largest absolute Gasteiger partial charge is 0.497 e. The van der Waals surface area contributed by atoms with E-state index in [0.717, 1.165) is 6.08 Å². The SMILES string of the molecule is COC(=O)CC1(O)OC(c2ccc(OC)cc2)=CC1=O. The zero-order valence-electron chi connectivity index (χ0n) is 11.1. The zero-order chi connectivity index (χ0) is 14.8. The molecule has 0 saturated carbocycles. The number of ether oxygens (including phenoxy) is 3. The Labute approximate surface area is 115 Å². The number of carbonyl (C=O) groups is 2. The Kier molecular flexibility index (Phi) is 3.76. The van der Waals surface area contributed by atoms with Crippen LogP contribution in [0.1, 0.15) is 12.0 Å². The third kappa shape index (κ3) is 2.65. The smallest absolute Gasteiger partial charge is 0.312 e. The lowest BCUT2D eigenvalue weighted by Crippen LogP contribution is -2.38. The van der Waals surface area contributed by atoms with E-state index >= 15 is 0 Å². The Bertz CT molecular complexity index is 560. The van der Waals surface area contributed by atoms with E-state index in [1.807, 2.05) is 0 Å². The lowest BCUT2D eigenvalue weighted by molar-refractivity contribution is -0.181. The second-order valence-corrected chi connectivity index (χ2v) is 4.24. The zero-order valence-corrected chi connectivity index (χ0v) is 11.1. The maximum atomic E-state index is 11.8. The van der Waals surface area contributed by atoms with E-state index in [2.05, 4.69) is 4.74 Å². The average Bonchev–Trinajstić information content (AvgIpc) is 2.74. The molecule has 1 unspecified atom stereocenters. The standard InChI is InChI=1S/C14H14O6/c1-18-10-5-3-9(4-6-10)11-7-12(15)14(17,20-11)8-13(16)19-2/h3-7,17H,8H2,1-2H3. The Morgan fingerprint density at radius 1 is 1.30 bits per heavy atom. The lowest BCUT2D eigenvalue weighted by atomic mass is 10.1. The van der Waals surface area contributed by atoms with Crippen LogP contribution in [-0.4, -0.2) is 36.9 Å². The maximum Gasteiger partial charge on any atom is 0.312 e. The number of benzene rings is 1. The molecule has 106 valence electrons. The van der Waals surface area contributed by atoms with Gasteiger partial charge >= 0.3 is 5.97 Å². The molecule has 1 atom stereocenters. The fraction of sp³-hybridized carbons (Fsp3) is 0.286. The van der Waals surface area contributed by atoms with Gasteiger partial charge in [0.25, 0.3) is 5.79 Å². The molecule has 2 rings (SSSR count). The van der Waals surface area contributed by atoms with Gasteiger partial charge in [-0.15, -0.1) is 0 Å². The predicted molar refractivity (Wildman–Crippen MR) is 68.6 cm³/mol. The molecule has 0 saturated heterocycles. The number of hydrogen-bond donors (Lipinski definition) is 1. The molecule has 0 radical (unpaired) electrons. The van der Waals surface area contributed by atoms with Gasteiger partial charge in [-0.1, -0.05) is 0 Å². The summed E-state index contributed by atoms with van der Waals surface area (Å²) in [6, 6.07) is 6.76. The first-order valence-corrected chi connectivity index (χ1v) is 5.87. The molecule has 1 aliphatic heterocycles. The van der Waals surface area contributed by atoms with Crippen molar-refractivity contribution in [1.29, 1.82) is 0 Å². The lowest BCUT2D eigenvalue weighted by Gasteiger charge is -2.20. The minimum absolute atomic E-state index is 0.198. The molecule has 1 aliphatic rings. The predicted octanol–water partition coefficient (Wildman–Crippen LogP) is 0.887. The summed E-state index contributed by atoms with van der Waals surface area (Å²) in [5.74, 6) is -2.76. The molecule has 1 heterocycles. The highest BCUT2D eigenvalue weighted by molar-refractivity contribution is 6.05. The Morgan fingerprint density at radius 3 is 2.50 bits per heavy atom. The van der Waals surface area contributed by atoms with Gasteiger partial charge in [0, 0.05) is 11.6 Å². The number of carbonyl (C=O) groups excluding carboxylic acids is 2. The van der Waals surface area contributed by atoms with Gasteiger partial charge in [-0.05, 0) is 24.3 Å². The summed E-state index contributed by atoms with van der Waals surface area (Å²) in [5, 5.41) is 10.0. The summed E-state index contributed by atoms with van der Waals surface area (Å²) in [6.45, 7) is 0. The Balaban J connectivity index is 2.17. The molecular formula is C14H14O6. The van der Waals surface area contributed by atoms with E-state index in [1.165, 1.54) is 7.11 Å². The quantitative estimate of drug-likeness (QED) is 0.824. The highest BCUT2D eigenvalue weighted by Gasteiger charge is 2.45. The molecule has 0 aromatic heterocycles. The third-order valence-electron chi connectivity index (χ3n) is 2.91. The van der Waals surface area contributed by atoms with Crippen molar-refractivity contribution in [2.45, 2.75) is 12.2 Å². The van der Waals surface area contributed by atoms with E-state index in [1.54, 1.807) is 31.4 Å². The highest BCUT2D eigenvalue weighted by Crippen LogP contribution is 2.32. The molecular weight excluding hydrogens is 264 g/mol. The topological polar surface area (TPSA) is 82.1 Å². The van der Waals surface area contributed by atoms with E-state index < -0.39 is 24.0 Å². The molecule has 0 fully saturated rings. The van der Waals surface area contributed by atoms with Crippen LogP contribution in [0.2, 0.25) is 0 Å². The molecule has 6 nitrogen and oxygen atoms in total. The molecule has 0 bridgehead atoms. The fourth-order valence-electron chi connectivity index (χ4n) is 1.78. The number of ketones is 1. The number of hydrogen-bond acceptors (Lipinski definition) is 6. The second-order valence-electron chi connectivity index (χ2n) is 4.24. The highest BCUT2D eigenvalue weighted by atomic mass is 16.6. The molecule has 0 aliphatic carbocycles. The van der Waals surface area contributed by atoms with E-state index in [4.69, 9.17) is 9.47 Å². The van der Waals surface area contributed by atoms with Gasteiger partial charge in [0.2, 0.25) is 5.78 Å². The van der Waals surface area contributed by atoms with Gasteiger partial charge in [-0.2, -0.15) is 0 Å². The average molecular weight is 278 g/mol. The summed E-state index contributed by atoms with van der Waals surface area (Å²) < 4.78 is 14.7. The number of aliphatic hydroxyl groups is 1. The van der Waals surface area contributed by atoms with Crippen molar-refractivity contribution in [3.05, 3.63) is 35.9 Å². The van der Waals surface area contributed by atoms with Crippen molar-refractivity contribution >= 4 is 17.5 Å². The van der Waals surface area contributed by atoms with E-state index in [0.29, 0.717) is 11.3 Å². The molecule has 0 amide bonds. The number of rotatable bonds is 4. The fourth-order valence-corrected chi connectivity index (χ4v) is 1.78. The number of esters is 1. The first-order chi connectivity index (χ1) is 9.48. The van der Waals surface area contributed by atoms with Crippen LogP contribution in [0.3, 0.4) is 0 Å². The molecule has 1 aromatic carbocycles. The third-order valence-corrected chi connectivity index (χ3v) is 2.91. The van der Waals surface area contributed by atoms with Crippen molar-refractivity contribution in [3.8, 4) is 5.75 Å². The summed E-state index contributed by atoms with van der Waals surface area (Å²) in [5.41, 5.74) is 0.597. The first-order valence-electron chi connectivity index (χ1n) is 5.87. The van der Waals surface area contributed by atoms with Gasteiger partial charge in [0.1, 0.15) is 17.9 Å². The maximum absolute atomic E-state index is 11.8. The normalized spacial score (nSPS) is 21.1. The van der Waals surface area contributed by atoms with Crippen molar-refractivity contribution in [1.82, 2.24) is 0 Å². The van der Waals surface area contributed by atoms with Crippen molar-refractivity contribution in [2.24, 2.45) is 0 Å². The van der Waals surface area contributed by atoms with Crippen LogP contribution >= 0.6 is 0 Å². The van der Waals surface area contributed by atoms with Crippen LogP contribution in [0.5, 0.6) is 5.75 Å². The molecule has 20 heavy (non-hydrogen) atoms. The molecule has 6 heteroatoms. The van der Waals surface area contributed by atoms with Crippen LogP contribution in [-0.2, 0) is 19.1 Å². The van der Waals surface area contributed by atoms with Crippen LogP contribution in [0.4, 0.5) is 0 Å². The number of methoxy groups -OCH3 is 2. The Morgan fingerprint density at radius 2 is 1.95 bits per heavy atom. The second kappa shape index (κ2) is 5.34. The van der Waals surface area contributed by atoms with Gasteiger partial charge in [-0.25, -0.2) is 0 Å². The molecule has 1 aromatic rings. The monoisotopic (exact) mass is 278 g/mol. The van der Waals surface area contributed by atoms with E-state index in [-0.39, 0.29) is 5.76 Å². The van der Waals surface area contributed by atoms with Crippen molar-refractivity contribution < 1.29 is 28.9 Å². The van der Waals surface area contributed by atoms with Gasteiger partial charge in [0.05, 0.1) is 14.2 Å². The van der Waals surface area contributed by atoms with Crippen LogP contribution in [0.15, 0.2) is 30.3 Å². The van der Waals surface area contributed by atoms with Crippen molar-refractivity contribution in [3.63, 3.8) is 0 Å². The minimum Gasteiger partial charge on any atom is -0.497 e. The summed E-state index contributed by atoms with van der Waals surface area (Å²) >= 11 is 0. The molecule has 1 N–H and O–H groups in total. The van der Waals surface area contributed by atoms with Crippen molar-refractivity contribution in [2.75, 3.05) is 14.2 Å². The van der Waals surface area contributed by atoms with E-state index in [9.17, 15) is 14.7 Å². The van der Waals surface area contributed by atoms with Gasteiger partial charge < -0.3 is 19.3 Å². The van der Waals surface area contributed by atoms with Crippen LogP contribution < -0.4 is 4.74 Å². The first kappa shape index (κ1) is 14.1. The van der Waals surface area contributed by atoms with Gasteiger partial charge in [0.15, 0.2) is 0 Å². The summed E-state index contributed by atoms with van der Waals surface area (Å²) in [7, 11) is 2.71. The molecule has 0 spiro atoms. The van der Waals surface area contributed by atoms with Crippen LogP contribution in [0, 0.1) is 0 Å². The van der Waals surface area contributed by atoms with Crippen LogP contribution in [0.25, 0.3) is 5.76 Å². The summed E-state index contributed by atoms with van der Waals surface area (Å²) in [6.07, 6.45) is 0.600.